The molecule has 1 aromatic carbocycles. The minimum Gasteiger partial charge on any atom is -0.469 e. The fraction of sp³-hybridized carbons (Fsp3) is 0.333. The lowest BCUT2D eigenvalue weighted by atomic mass is 10.2. The molecule has 0 radical (unpaired) electrons. The second-order valence-electron chi connectivity index (χ2n) is 6.24. The first-order chi connectivity index (χ1) is 11.7. The van der Waals surface area contributed by atoms with E-state index in [1.807, 2.05) is 36.4 Å². The zero-order valence-corrected chi connectivity index (χ0v) is 13.2. The van der Waals surface area contributed by atoms with Crippen molar-refractivity contribution >= 4 is 23.3 Å². The van der Waals surface area contributed by atoms with Gasteiger partial charge in [0.05, 0.1) is 6.26 Å². The van der Waals surface area contributed by atoms with Crippen LogP contribution in [0.2, 0.25) is 0 Å². The molecule has 6 heteroatoms. The van der Waals surface area contributed by atoms with Gasteiger partial charge in [0, 0.05) is 36.3 Å². The summed E-state index contributed by atoms with van der Waals surface area (Å²) < 4.78 is 5.37. The lowest BCUT2D eigenvalue weighted by molar-refractivity contribution is -0.117. The van der Waals surface area contributed by atoms with Crippen LogP contribution in [0.1, 0.15) is 24.5 Å². The molecule has 4 rings (SSSR count). The molecular weight excluding hydrogens is 306 g/mol. The molecule has 2 heterocycles. The molecule has 1 saturated carbocycles. The van der Waals surface area contributed by atoms with Gasteiger partial charge in [-0.2, -0.15) is 0 Å². The maximum Gasteiger partial charge on any atom is 0.321 e. The summed E-state index contributed by atoms with van der Waals surface area (Å²) in [5.41, 5.74) is 1.50. The average Bonchev–Trinajstić information content (AvgIpc) is 3.21. The van der Waals surface area contributed by atoms with Crippen molar-refractivity contribution in [2.24, 2.45) is 5.92 Å². The molecule has 2 atom stereocenters. The molecular formula is C18H19N3O3. The van der Waals surface area contributed by atoms with Crippen LogP contribution in [0.25, 0.3) is 0 Å². The Morgan fingerprint density at radius 3 is 3.00 bits per heavy atom. The normalized spacial score (nSPS) is 22.8. The van der Waals surface area contributed by atoms with E-state index < -0.39 is 0 Å². The van der Waals surface area contributed by atoms with Gasteiger partial charge in [-0.05, 0) is 43.2 Å². The summed E-state index contributed by atoms with van der Waals surface area (Å²) in [5.74, 6) is 1.000. The van der Waals surface area contributed by atoms with E-state index in [4.69, 9.17) is 4.42 Å². The Morgan fingerprint density at radius 2 is 2.21 bits per heavy atom. The summed E-state index contributed by atoms with van der Waals surface area (Å²) >= 11 is 0. The highest BCUT2D eigenvalue weighted by Gasteiger charge is 2.45. The molecule has 1 aliphatic heterocycles. The third-order valence-electron chi connectivity index (χ3n) is 4.54. The number of amides is 3. The zero-order valence-electron chi connectivity index (χ0n) is 13.2. The Kier molecular flexibility index (Phi) is 3.72. The van der Waals surface area contributed by atoms with Crippen molar-refractivity contribution in [3.8, 4) is 0 Å². The van der Waals surface area contributed by atoms with Gasteiger partial charge in [-0.15, -0.1) is 0 Å². The molecule has 6 nitrogen and oxygen atoms in total. The van der Waals surface area contributed by atoms with Crippen LogP contribution in [-0.2, 0) is 4.79 Å². The molecule has 2 N–H and O–H groups in total. The van der Waals surface area contributed by atoms with Crippen molar-refractivity contribution < 1.29 is 14.0 Å². The standard InChI is InChI=1S/C18H19N3O3/c22-17(15-11-14(15)16-6-2-9-24-16)20-12-4-1-5-13(10-12)21-8-3-7-19-18(21)23/h1-2,4-6,9-10,14-15H,3,7-8,11H2,(H,19,23)(H,20,22)/t14-,15-/m1/s1. The maximum absolute atomic E-state index is 12.4. The second-order valence-corrected chi connectivity index (χ2v) is 6.24. The summed E-state index contributed by atoms with van der Waals surface area (Å²) in [7, 11) is 0. The van der Waals surface area contributed by atoms with E-state index in [9.17, 15) is 9.59 Å². The van der Waals surface area contributed by atoms with Crippen molar-refractivity contribution in [3.63, 3.8) is 0 Å². The first-order valence-corrected chi connectivity index (χ1v) is 8.22. The van der Waals surface area contributed by atoms with Crippen LogP contribution < -0.4 is 15.5 Å². The summed E-state index contributed by atoms with van der Waals surface area (Å²) in [4.78, 5) is 26.0. The van der Waals surface area contributed by atoms with Crippen LogP contribution in [0.4, 0.5) is 16.2 Å². The summed E-state index contributed by atoms with van der Waals surface area (Å²) in [6.45, 7) is 1.40. The van der Waals surface area contributed by atoms with Crippen LogP contribution in [0.5, 0.6) is 0 Å². The Balaban J connectivity index is 1.43. The number of hydrogen-bond acceptors (Lipinski definition) is 3. The largest absolute Gasteiger partial charge is 0.469 e. The maximum atomic E-state index is 12.4. The van der Waals surface area contributed by atoms with Gasteiger partial charge in [0.15, 0.2) is 0 Å². The highest BCUT2D eigenvalue weighted by atomic mass is 16.3. The third-order valence-corrected chi connectivity index (χ3v) is 4.54. The topological polar surface area (TPSA) is 74.6 Å². The number of carbonyl (C=O) groups is 2. The van der Waals surface area contributed by atoms with Gasteiger partial charge < -0.3 is 15.1 Å². The summed E-state index contributed by atoms with van der Waals surface area (Å²) in [6, 6.07) is 11.1. The van der Waals surface area contributed by atoms with Crippen molar-refractivity contribution in [3.05, 3.63) is 48.4 Å². The monoisotopic (exact) mass is 325 g/mol. The number of carbonyl (C=O) groups excluding carboxylic acids is 2. The van der Waals surface area contributed by atoms with Gasteiger partial charge >= 0.3 is 6.03 Å². The fourth-order valence-electron chi connectivity index (χ4n) is 3.16. The Labute approximate surface area is 139 Å². The number of urea groups is 1. The number of anilines is 2. The van der Waals surface area contributed by atoms with Gasteiger partial charge in [-0.25, -0.2) is 4.79 Å². The van der Waals surface area contributed by atoms with E-state index in [1.54, 1.807) is 11.2 Å². The van der Waals surface area contributed by atoms with Gasteiger partial charge in [0.1, 0.15) is 5.76 Å². The number of rotatable bonds is 4. The van der Waals surface area contributed by atoms with E-state index in [2.05, 4.69) is 10.6 Å². The number of nitrogens with one attached hydrogen (secondary N) is 2. The third kappa shape index (κ3) is 2.87. The molecule has 0 unspecified atom stereocenters. The highest BCUT2D eigenvalue weighted by Crippen LogP contribution is 2.48. The van der Waals surface area contributed by atoms with Crippen LogP contribution in [0.15, 0.2) is 47.1 Å². The molecule has 3 amide bonds. The molecule has 1 saturated heterocycles. The van der Waals surface area contributed by atoms with Crippen molar-refractivity contribution in [2.45, 2.75) is 18.8 Å². The molecule has 1 aliphatic carbocycles. The summed E-state index contributed by atoms with van der Waals surface area (Å²) in [5, 5.41) is 5.78. The Bertz CT molecular complexity index is 757. The van der Waals surface area contributed by atoms with E-state index in [1.165, 1.54) is 0 Å². The van der Waals surface area contributed by atoms with Crippen LogP contribution >= 0.6 is 0 Å². The first-order valence-electron chi connectivity index (χ1n) is 8.22. The average molecular weight is 325 g/mol. The predicted molar refractivity (Wildman–Crippen MR) is 90.0 cm³/mol. The number of benzene rings is 1. The van der Waals surface area contributed by atoms with E-state index >= 15 is 0 Å². The predicted octanol–water partition coefficient (Wildman–Crippen LogP) is 2.94. The highest BCUT2D eigenvalue weighted by molar-refractivity contribution is 5.97. The molecule has 2 fully saturated rings. The van der Waals surface area contributed by atoms with E-state index in [-0.39, 0.29) is 23.8 Å². The summed E-state index contributed by atoms with van der Waals surface area (Å²) in [6.07, 6.45) is 3.36. The minimum atomic E-state index is -0.0928. The van der Waals surface area contributed by atoms with Gasteiger partial charge in [-0.1, -0.05) is 6.07 Å². The minimum absolute atomic E-state index is 0.00311. The number of hydrogen-bond donors (Lipinski definition) is 2. The van der Waals surface area contributed by atoms with Crippen LogP contribution in [-0.4, -0.2) is 25.0 Å². The van der Waals surface area contributed by atoms with Crippen LogP contribution in [0, 0.1) is 5.92 Å². The second kappa shape index (κ2) is 6.03. The van der Waals surface area contributed by atoms with E-state index in [0.717, 1.165) is 24.3 Å². The SMILES string of the molecule is O=C(Nc1cccc(N2CCCNC2=O)c1)[C@@H]1C[C@H]1c1ccco1. The molecule has 1 aromatic heterocycles. The van der Waals surface area contributed by atoms with Crippen molar-refractivity contribution in [2.75, 3.05) is 23.3 Å². The quantitative estimate of drug-likeness (QED) is 0.907. The molecule has 124 valence electrons. The Hall–Kier alpha value is -2.76. The van der Waals surface area contributed by atoms with Gasteiger partial charge in [0.2, 0.25) is 5.91 Å². The lowest BCUT2D eigenvalue weighted by Gasteiger charge is -2.27. The first kappa shape index (κ1) is 14.8. The van der Waals surface area contributed by atoms with Crippen molar-refractivity contribution in [1.82, 2.24) is 5.32 Å². The van der Waals surface area contributed by atoms with Crippen molar-refractivity contribution in [1.29, 1.82) is 0 Å². The van der Waals surface area contributed by atoms with E-state index in [0.29, 0.717) is 18.8 Å². The molecule has 0 spiro atoms. The molecule has 2 aromatic rings. The number of furan rings is 1. The molecule has 2 aliphatic rings. The molecule has 24 heavy (non-hydrogen) atoms. The van der Waals surface area contributed by atoms with Crippen LogP contribution in [0.3, 0.4) is 0 Å². The van der Waals surface area contributed by atoms with Gasteiger partial charge in [0.25, 0.3) is 0 Å². The Morgan fingerprint density at radius 1 is 1.29 bits per heavy atom. The number of nitrogens with zero attached hydrogens (tertiary/aromatic N) is 1. The zero-order chi connectivity index (χ0) is 16.5. The molecule has 0 bridgehead atoms. The van der Waals surface area contributed by atoms with Gasteiger partial charge in [-0.3, -0.25) is 9.69 Å². The lowest BCUT2D eigenvalue weighted by Crippen LogP contribution is -2.46. The smallest absolute Gasteiger partial charge is 0.321 e. The fourth-order valence-corrected chi connectivity index (χ4v) is 3.16.